The van der Waals surface area contributed by atoms with Gasteiger partial charge in [-0.3, -0.25) is 4.79 Å². The summed E-state index contributed by atoms with van der Waals surface area (Å²) in [6, 6.07) is 2.75. The predicted octanol–water partition coefficient (Wildman–Crippen LogP) is 1.64. The Labute approximate surface area is 107 Å². The van der Waals surface area contributed by atoms with E-state index in [-0.39, 0.29) is 5.91 Å². The van der Waals surface area contributed by atoms with Crippen LogP contribution in [-0.4, -0.2) is 28.0 Å². The van der Waals surface area contributed by atoms with Crippen molar-refractivity contribution in [2.75, 3.05) is 5.32 Å². The summed E-state index contributed by atoms with van der Waals surface area (Å²) >= 11 is 0. The highest BCUT2D eigenvalue weighted by molar-refractivity contribution is 5.73. The van der Waals surface area contributed by atoms with E-state index < -0.39 is 0 Å². The first-order valence-corrected chi connectivity index (χ1v) is 6.46. The molecule has 1 aromatic rings. The molecule has 0 unspecified atom stereocenters. The lowest BCUT2D eigenvalue weighted by atomic mass is 9.91. The van der Waals surface area contributed by atoms with E-state index in [1.54, 1.807) is 13.3 Å². The normalized spacial score (nSPS) is 23.4. The Bertz CT molecular complexity index is 413. The molecule has 2 rings (SSSR count). The molecule has 0 bridgehead atoms. The molecule has 0 radical (unpaired) electrons. The minimum Gasteiger partial charge on any atom is -0.367 e. The lowest BCUT2D eigenvalue weighted by molar-refractivity contribution is -0.119. The molecule has 0 atom stereocenters. The molecule has 5 heteroatoms. The molecule has 1 aliphatic carbocycles. The van der Waals surface area contributed by atoms with Crippen LogP contribution in [0.15, 0.2) is 12.4 Å². The van der Waals surface area contributed by atoms with E-state index in [0.717, 1.165) is 37.2 Å². The van der Waals surface area contributed by atoms with Gasteiger partial charge in [0.1, 0.15) is 12.1 Å². The topological polar surface area (TPSA) is 66.9 Å². The third-order valence-electron chi connectivity index (χ3n) is 3.29. The second-order valence-electron chi connectivity index (χ2n) is 4.94. The molecule has 1 heterocycles. The van der Waals surface area contributed by atoms with Gasteiger partial charge < -0.3 is 10.6 Å². The largest absolute Gasteiger partial charge is 0.367 e. The van der Waals surface area contributed by atoms with Crippen LogP contribution < -0.4 is 10.6 Å². The van der Waals surface area contributed by atoms with Gasteiger partial charge in [-0.25, -0.2) is 9.97 Å². The fraction of sp³-hybridized carbons (Fsp3) is 0.615. The minimum atomic E-state index is 0.0674. The van der Waals surface area contributed by atoms with Gasteiger partial charge in [-0.15, -0.1) is 0 Å². The molecule has 1 amide bonds. The van der Waals surface area contributed by atoms with Gasteiger partial charge in [0.05, 0.1) is 0 Å². The van der Waals surface area contributed by atoms with E-state index in [1.807, 2.05) is 13.0 Å². The van der Waals surface area contributed by atoms with Crippen LogP contribution in [0.2, 0.25) is 0 Å². The number of amides is 1. The zero-order chi connectivity index (χ0) is 13.0. The highest BCUT2D eigenvalue weighted by atomic mass is 16.1. The maximum absolute atomic E-state index is 11.0. The first-order chi connectivity index (χ1) is 8.63. The summed E-state index contributed by atoms with van der Waals surface area (Å²) in [7, 11) is 0. The van der Waals surface area contributed by atoms with Gasteiger partial charge in [0.2, 0.25) is 5.91 Å². The van der Waals surface area contributed by atoms with Gasteiger partial charge in [-0.05, 0) is 32.6 Å². The summed E-state index contributed by atoms with van der Waals surface area (Å²) in [5, 5.41) is 6.41. The van der Waals surface area contributed by atoms with Crippen LogP contribution in [0, 0.1) is 6.92 Å². The van der Waals surface area contributed by atoms with E-state index >= 15 is 0 Å². The van der Waals surface area contributed by atoms with Crippen molar-refractivity contribution >= 4 is 11.7 Å². The minimum absolute atomic E-state index is 0.0674. The zero-order valence-electron chi connectivity index (χ0n) is 10.9. The van der Waals surface area contributed by atoms with Crippen molar-refractivity contribution in [2.24, 2.45) is 0 Å². The standard InChI is InChI=1S/C13H20N4O/c1-9-7-13(15-8-14-9)17-12-5-3-11(4-6-12)16-10(2)18/h7-8,11-12H,3-6H2,1-2H3,(H,16,18)(H,14,15,17). The highest BCUT2D eigenvalue weighted by Gasteiger charge is 2.21. The lowest BCUT2D eigenvalue weighted by Gasteiger charge is -2.29. The van der Waals surface area contributed by atoms with Crippen molar-refractivity contribution in [1.29, 1.82) is 0 Å². The number of hydrogen-bond acceptors (Lipinski definition) is 4. The first-order valence-electron chi connectivity index (χ1n) is 6.46. The monoisotopic (exact) mass is 248 g/mol. The molecule has 0 spiro atoms. The number of rotatable bonds is 3. The molecule has 0 saturated heterocycles. The maximum atomic E-state index is 11.0. The molecule has 0 aromatic carbocycles. The number of aromatic nitrogens is 2. The van der Waals surface area contributed by atoms with Crippen molar-refractivity contribution in [2.45, 2.75) is 51.6 Å². The van der Waals surface area contributed by atoms with Crippen LogP contribution in [0.25, 0.3) is 0 Å². The summed E-state index contributed by atoms with van der Waals surface area (Å²) in [6.45, 7) is 3.54. The molecule has 5 nitrogen and oxygen atoms in total. The van der Waals surface area contributed by atoms with Crippen molar-refractivity contribution in [3.05, 3.63) is 18.1 Å². The van der Waals surface area contributed by atoms with Gasteiger partial charge in [0, 0.05) is 30.8 Å². The molecule has 1 saturated carbocycles. The number of nitrogens with one attached hydrogen (secondary N) is 2. The zero-order valence-corrected chi connectivity index (χ0v) is 10.9. The Kier molecular flexibility index (Phi) is 4.12. The van der Waals surface area contributed by atoms with Crippen molar-refractivity contribution in [3.8, 4) is 0 Å². The summed E-state index contributed by atoms with van der Waals surface area (Å²) in [4.78, 5) is 19.3. The van der Waals surface area contributed by atoms with Crippen LogP contribution >= 0.6 is 0 Å². The van der Waals surface area contributed by atoms with Gasteiger partial charge in [0.15, 0.2) is 0 Å². The Morgan fingerprint density at radius 1 is 1.22 bits per heavy atom. The number of carbonyl (C=O) groups is 1. The van der Waals surface area contributed by atoms with E-state index in [0.29, 0.717) is 12.1 Å². The second-order valence-corrected chi connectivity index (χ2v) is 4.94. The molecule has 2 N–H and O–H groups in total. The highest BCUT2D eigenvalue weighted by Crippen LogP contribution is 2.21. The van der Waals surface area contributed by atoms with Gasteiger partial charge in [-0.2, -0.15) is 0 Å². The molecule has 18 heavy (non-hydrogen) atoms. The van der Waals surface area contributed by atoms with Crippen LogP contribution in [0.1, 0.15) is 38.3 Å². The van der Waals surface area contributed by atoms with E-state index in [9.17, 15) is 4.79 Å². The summed E-state index contributed by atoms with van der Waals surface area (Å²) in [6.07, 6.45) is 5.77. The van der Waals surface area contributed by atoms with E-state index in [2.05, 4.69) is 20.6 Å². The Morgan fingerprint density at radius 3 is 2.50 bits per heavy atom. The Morgan fingerprint density at radius 2 is 1.89 bits per heavy atom. The molecule has 1 fully saturated rings. The first kappa shape index (κ1) is 12.8. The fourth-order valence-electron chi connectivity index (χ4n) is 2.41. The lowest BCUT2D eigenvalue weighted by Crippen LogP contribution is -2.39. The molecule has 0 aliphatic heterocycles. The maximum Gasteiger partial charge on any atom is 0.217 e. The predicted molar refractivity (Wildman–Crippen MR) is 70.3 cm³/mol. The Hall–Kier alpha value is -1.65. The number of aryl methyl sites for hydroxylation is 1. The average Bonchev–Trinajstić information content (AvgIpc) is 2.31. The van der Waals surface area contributed by atoms with Gasteiger partial charge in [-0.1, -0.05) is 0 Å². The second kappa shape index (κ2) is 5.80. The van der Waals surface area contributed by atoms with Crippen LogP contribution in [-0.2, 0) is 4.79 Å². The summed E-state index contributed by atoms with van der Waals surface area (Å²) < 4.78 is 0. The number of anilines is 1. The van der Waals surface area contributed by atoms with Gasteiger partial charge >= 0.3 is 0 Å². The molecule has 1 aromatic heterocycles. The van der Waals surface area contributed by atoms with Crippen molar-refractivity contribution in [3.63, 3.8) is 0 Å². The fourth-order valence-corrected chi connectivity index (χ4v) is 2.41. The van der Waals surface area contributed by atoms with E-state index in [4.69, 9.17) is 0 Å². The number of hydrogen-bond donors (Lipinski definition) is 2. The number of carbonyl (C=O) groups excluding carboxylic acids is 1. The van der Waals surface area contributed by atoms with Gasteiger partial charge in [0.25, 0.3) is 0 Å². The Balaban J connectivity index is 1.81. The smallest absolute Gasteiger partial charge is 0.217 e. The third kappa shape index (κ3) is 3.68. The van der Waals surface area contributed by atoms with Crippen molar-refractivity contribution < 1.29 is 4.79 Å². The molecular weight excluding hydrogens is 228 g/mol. The third-order valence-corrected chi connectivity index (χ3v) is 3.29. The molecule has 1 aliphatic rings. The SMILES string of the molecule is CC(=O)NC1CCC(Nc2cc(C)ncn2)CC1. The number of nitrogens with zero attached hydrogens (tertiary/aromatic N) is 2. The molecular formula is C13H20N4O. The van der Waals surface area contributed by atoms with Crippen LogP contribution in [0.3, 0.4) is 0 Å². The molecule has 98 valence electrons. The quantitative estimate of drug-likeness (QED) is 0.853. The van der Waals surface area contributed by atoms with Crippen LogP contribution in [0.4, 0.5) is 5.82 Å². The van der Waals surface area contributed by atoms with E-state index in [1.165, 1.54) is 0 Å². The van der Waals surface area contributed by atoms with Crippen LogP contribution in [0.5, 0.6) is 0 Å². The summed E-state index contributed by atoms with van der Waals surface area (Å²) in [5.74, 6) is 0.961. The summed E-state index contributed by atoms with van der Waals surface area (Å²) in [5.41, 5.74) is 0.972. The van der Waals surface area contributed by atoms with Crippen molar-refractivity contribution in [1.82, 2.24) is 15.3 Å². The average molecular weight is 248 g/mol.